The van der Waals surface area contributed by atoms with Crippen LogP contribution in [0.15, 0.2) is 48.8 Å². The molecule has 3 aromatic rings. The van der Waals surface area contributed by atoms with Gasteiger partial charge < -0.3 is 14.5 Å². The Kier molecular flexibility index (Phi) is 6.95. The van der Waals surface area contributed by atoms with E-state index in [9.17, 15) is 14.9 Å². The SMILES string of the molecule is COc1ccccc1C(=O)NNc1ncnc(N2CCN(c3cccc(C)c3C)CC2)c1[N+](=O)[O-]. The number of carbonyl (C=O) groups excluding carboxylic acids is 1. The van der Waals surface area contributed by atoms with Crippen LogP contribution >= 0.6 is 0 Å². The average Bonchev–Trinajstić information content (AvgIpc) is 2.88. The summed E-state index contributed by atoms with van der Waals surface area (Å²) in [6.45, 7) is 6.68. The number of hydrogen-bond donors (Lipinski definition) is 2. The fraction of sp³-hybridized carbons (Fsp3) is 0.292. The van der Waals surface area contributed by atoms with Crippen molar-refractivity contribution in [2.75, 3.05) is 48.5 Å². The van der Waals surface area contributed by atoms with Crippen LogP contribution in [0.2, 0.25) is 0 Å². The fourth-order valence-electron chi connectivity index (χ4n) is 4.11. The predicted molar refractivity (Wildman–Crippen MR) is 133 cm³/mol. The van der Waals surface area contributed by atoms with E-state index in [1.807, 2.05) is 11.0 Å². The molecule has 0 saturated carbocycles. The molecule has 1 aliphatic rings. The number of amides is 1. The zero-order valence-electron chi connectivity index (χ0n) is 19.8. The first-order chi connectivity index (χ1) is 16.9. The lowest BCUT2D eigenvalue weighted by Gasteiger charge is -2.37. The van der Waals surface area contributed by atoms with Crippen molar-refractivity contribution in [1.29, 1.82) is 0 Å². The Labute approximate surface area is 202 Å². The third-order valence-electron chi connectivity index (χ3n) is 6.13. The lowest BCUT2D eigenvalue weighted by Crippen LogP contribution is -2.47. The van der Waals surface area contributed by atoms with Crippen molar-refractivity contribution < 1.29 is 14.5 Å². The van der Waals surface area contributed by atoms with Gasteiger partial charge in [0.05, 0.1) is 17.6 Å². The summed E-state index contributed by atoms with van der Waals surface area (Å²) in [7, 11) is 1.46. The van der Waals surface area contributed by atoms with E-state index in [4.69, 9.17) is 4.74 Å². The number of aryl methyl sites for hydroxylation is 1. The molecule has 4 rings (SSSR count). The number of aromatic nitrogens is 2. The molecule has 0 atom stereocenters. The predicted octanol–water partition coefficient (Wildman–Crippen LogP) is 3.09. The van der Waals surface area contributed by atoms with Crippen molar-refractivity contribution >= 4 is 28.9 Å². The molecule has 2 aromatic carbocycles. The summed E-state index contributed by atoms with van der Waals surface area (Å²) in [6.07, 6.45) is 1.25. The van der Waals surface area contributed by atoms with E-state index < -0.39 is 10.8 Å². The number of nitrogens with zero attached hydrogens (tertiary/aromatic N) is 5. The van der Waals surface area contributed by atoms with Gasteiger partial charge in [0, 0.05) is 31.9 Å². The molecule has 35 heavy (non-hydrogen) atoms. The van der Waals surface area contributed by atoms with Crippen molar-refractivity contribution in [2.45, 2.75) is 13.8 Å². The number of nitro groups is 1. The van der Waals surface area contributed by atoms with Gasteiger partial charge in [-0.1, -0.05) is 24.3 Å². The minimum atomic E-state index is -0.538. The third-order valence-corrected chi connectivity index (χ3v) is 6.13. The lowest BCUT2D eigenvalue weighted by atomic mass is 10.1. The van der Waals surface area contributed by atoms with Gasteiger partial charge in [0.2, 0.25) is 11.6 Å². The minimum absolute atomic E-state index is 0.0970. The van der Waals surface area contributed by atoms with Gasteiger partial charge in [-0.2, -0.15) is 0 Å². The van der Waals surface area contributed by atoms with Crippen LogP contribution in [0.3, 0.4) is 0 Å². The Morgan fingerprint density at radius 3 is 2.46 bits per heavy atom. The molecule has 0 unspecified atom stereocenters. The van der Waals surface area contributed by atoms with E-state index in [0.717, 1.165) is 0 Å². The van der Waals surface area contributed by atoms with Gasteiger partial charge in [0.15, 0.2) is 0 Å². The second-order valence-electron chi connectivity index (χ2n) is 8.12. The molecule has 0 aliphatic carbocycles. The normalized spacial score (nSPS) is 13.3. The molecule has 1 saturated heterocycles. The number of carbonyl (C=O) groups is 1. The van der Waals surface area contributed by atoms with Gasteiger partial charge in [0.25, 0.3) is 5.91 Å². The molecule has 11 nitrogen and oxygen atoms in total. The zero-order valence-corrected chi connectivity index (χ0v) is 19.8. The van der Waals surface area contributed by atoms with Gasteiger partial charge in [0.1, 0.15) is 12.1 Å². The van der Waals surface area contributed by atoms with Crippen LogP contribution in [-0.4, -0.2) is 54.1 Å². The molecule has 182 valence electrons. The quantitative estimate of drug-likeness (QED) is 0.390. The van der Waals surface area contributed by atoms with Crippen LogP contribution in [0.5, 0.6) is 5.75 Å². The Bertz CT molecular complexity index is 1240. The number of hydrogen-bond acceptors (Lipinski definition) is 9. The highest BCUT2D eigenvalue weighted by Crippen LogP contribution is 2.33. The highest BCUT2D eigenvalue weighted by atomic mass is 16.6. The highest BCUT2D eigenvalue weighted by molar-refractivity contribution is 5.97. The summed E-state index contributed by atoms with van der Waals surface area (Å²) < 4.78 is 5.20. The summed E-state index contributed by atoms with van der Waals surface area (Å²) >= 11 is 0. The van der Waals surface area contributed by atoms with E-state index in [1.54, 1.807) is 24.3 Å². The molecule has 1 aromatic heterocycles. The van der Waals surface area contributed by atoms with Gasteiger partial charge in [-0.15, -0.1) is 0 Å². The number of para-hydroxylation sites is 1. The lowest BCUT2D eigenvalue weighted by molar-refractivity contribution is -0.383. The highest BCUT2D eigenvalue weighted by Gasteiger charge is 2.30. The molecule has 1 aliphatic heterocycles. The van der Waals surface area contributed by atoms with Crippen LogP contribution in [0.1, 0.15) is 21.5 Å². The third kappa shape index (κ3) is 4.93. The van der Waals surface area contributed by atoms with E-state index in [0.29, 0.717) is 31.9 Å². The summed E-state index contributed by atoms with van der Waals surface area (Å²) in [6, 6.07) is 12.9. The van der Waals surface area contributed by atoms with Gasteiger partial charge in [-0.25, -0.2) is 9.97 Å². The second kappa shape index (κ2) is 10.2. The maximum Gasteiger partial charge on any atom is 0.355 e. The Morgan fingerprint density at radius 2 is 1.74 bits per heavy atom. The Balaban J connectivity index is 1.50. The number of nitrogens with one attached hydrogen (secondary N) is 2. The molecule has 0 spiro atoms. The molecular weight excluding hydrogens is 450 g/mol. The number of anilines is 3. The maximum absolute atomic E-state index is 12.6. The standard InChI is InChI=1S/C24H27N7O4/c1-16-7-6-9-19(17(16)2)29-11-13-30(14-12-29)23-21(31(33)34)22(25-15-26-23)27-28-24(32)18-8-4-5-10-20(18)35-3/h4-10,15H,11-14H2,1-3H3,(H,28,32)(H,25,26,27). The molecule has 1 amide bonds. The van der Waals surface area contributed by atoms with Crippen LogP contribution in [-0.2, 0) is 0 Å². The van der Waals surface area contributed by atoms with Crippen LogP contribution in [0.25, 0.3) is 0 Å². The first kappa shape index (κ1) is 23.7. The maximum atomic E-state index is 12.6. The molecule has 11 heteroatoms. The Morgan fingerprint density at radius 1 is 1.03 bits per heavy atom. The van der Waals surface area contributed by atoms with Crippen molar-refractivity contribution in [3.8, 4) is 5.75 Å². The summed E-state index contributed by atoms with van der Waals surface area (Å²) in [4.78, 5) is 36.4. The molecular formula is C24H27N7O4. The van der Waals surface area contributed by atoms with Crippen LogP contribution in [0, 0.1) is 24.0 Å². The van der Waals surface area contributed by atoms with Crippen LogP contribution < -0.4 is 25.4 Å². The number of ether oxygens (including phenoxy) is 1. The summed E-state index contributed by atoms with van der Waals surface area (Å²) in [5.41, 5.74) is 8.66. The van der Waals surface area contributed by atoms with Crippen molar-refractivity contribution in [3.63, 3.8) is 0 Å². The summed E-state index contributed by atoms with van der Waals surface area (Å²) in [5, 5.41) is 12.0. The largest absolute Gasteiger partial charge is 0.496 e. The molecule has 0 radical (unpaired) electrons. The second-order valence-corrected chi connectivity index (χ2v) is 8.12. The van der Waals surface area contributed by atoms with Gasteiger partial charge in [-0.05, 0) is 43.2 Å². The number of benzene rings is 2. The number of methoxy groups -OCH3 is 1. The molecule has 2 heterocycles. The van der Waals surface area contributed by atoms with Crippen molar-refractivity contribution in [2.24, 2.45) is 0 Å². The fourth-order valence-corrected chi connectivity index (χ4v) is 4.11. The molecule has 2 N–H and O–H groups in total. The average molecular weight is 478 g/mol. The number of hydrazine groups is 1. The monoisotopic (exact) mass is 477 g/mol. The first-order valence-electron chi connectivity index (χ1n) is 11.2. The molecule has 0 bridgehead atoms. The van der Waals surface area contributed by atoms with Gasteiger partial charge >= 0.3 is 5.69 Å². The first-order valence-corrected chi connectivity index (χ1v) is 11.2. The van der Waals surface area contributed by atoms with Crippen LogP contribution in [0.4, 0.5) is 23.0 Å². The smallest absolute Gasteiger partial charge is 0.355 e. The number of rotatable bonds is 7. The van der Waals surface area contributed by atoms with E-state index in [2.05, 4.69) is 51.7 Å². The zero-order chi connectivity index (χ0) is 24.9. The van der Waals surface area contributed by atoms with E-state index in [1.165, 1.54) is 30.3 Å². The summed E-state index contributed by atoms with van der Waals surface area (Å²) in [5.74, 6) is -0.0229. The minimum Gasteiger partial charge on any atom is -0.496 e. The number of piperazine rings is 1. The van der Waals surface area contributed by atoms with Gasteiger partial charge in [-0.3, -0.25) is 25.8 Å². The van der Waals surface area contributed by atoms with E-state index >= 15 is 0 Å². The van der Waals surface area contributed by atoms with E-state index in [-0.39, 0.29) is 22.9 Å². The topological polar surface area (TPSA) is 126 Å². The van der Waals surface area contributed by atoms with Crippen molar-refractivity contribution in [3.05, 3.63) is 75.6 Å². The molecule has 1 fully saturated rings. The van der Waals surface area contributed by atoms with Crippen molar-refractivity contribution in [1.82, 2.24) is 15.4 Å². The Hall–Kier alpha value is -4.41.